The van der Waals surface area contributed by atoms with Gasteiger partial charge in [-0.1, -0.05) is 0 Å². The Labute approximate surface area is 95.9 Å². The minimum Gasteiger partial charge on any atom is -0.394 e. The van der Waals surface area contributed by atoms with E-state index in [2.05, 4.69) is 32.7 Å². The molecule has 14 heavy (non-hydrogen) atoms. The molecular formula is C9H14BrNO2S. The minimum absolute atomic E-state index is 0.183. The Morgan fingerprint density at radius 1 is 1.57 bits per heavy atom. The van der Waals surface area contributed by atoms with Crippen molar-refractivity contribution in [2.45, 2.75) is 12.5 Å². The third-order valence-electron chi connectivity index (χ3n) is 1.76. The van der Waals surface area contributed by atoms with Crippen LogP contribution in [0.4, 0.5) is 0 Å². The van der Waals surface area contributed by atoms with Crippen molar-refractivity contribution in [2.75, 3.05) is 19.7 Å². The molecule has 1 heterocycles. The summed E-state index contributed by atoms with van der Waals surface area (Å²) in [5.74, 6) is 0. The van der Waals surface area contributed by atoms with Gasteiger partial charge < -0.3 is 15.5 Å². The summed E-state index contributed by atoms with van der Waals surface area (Å²) in [6.45, 7) is 1.09. The van der Waals surface area contributed by atoms with E-state index in [4.69, 9.17) is 10.2 Å². The van der Waals surface area contributed by atoms with Crippen LogP contribution in [-0.2, 0) is 6.42 Å². The van der Waals surface area contributed by atoms with E-state index in [9.17, 15) is 0 Å². The number of hydrogen-bond donors (Lipinski definition) is 3. The van der Waals surface area contributed by atoms with Gasteiger partial charge in [0.05, 0.1) is 12.7 Å². The summed E-state index contributed by atoms with van der Waals surface area (Å²) in [6.07, 6.45) is 0.305. The second kappa shape index (κ2) is 6.53. The third-order valence-corrected chi connectivity index (χ3v) is 3.52. The van der Waals surface area contributed by atoms with Crippen molar-refractivity contribution in [1.82, 2.24) is 5.32 Å². The first kappa shape index (κ1) is 12.1. The topological polar surface area (TPSA) is 52.5 Å². The van der Waals surface area contributed by atoms with Gasteiger partial charge in [0.2, 0.25) is 0 Å². The highest BCUT2D eigenvalue weighted by Crippen LogP contribution is 2.19. The fourth-order valence-corrected chi connectivity index (χ4v) is 2.48. The van der Waals surface area contributed by atoms with Gasteiger partial charge >= 0.3 is 0 Å². The molecule has 1 aromatic rings. The molecule has 0 radical (unpaired) electrons. The van der Waals surface area contributed by atoms with Gasteiger partial charge in [0.25, 0.3) is 0 Å². The molecule has 1 atom stereocenters. The van der Waals surface area contributed by atoms with Crippen molar-refractivity contribution in [3.63, 3.8) is 0 Å². The monoisotopic (exact) mass is 279 g/mol. The SMILES string of the molecule is OCC(O)CNCCc1cc(Br)cs1. The quantitative estimate of drug-likeness (QED) is 0.681. The zero-order valence-electron chi connectivity index (χ0n) is 7.74. The molecule has 0 saturated heterocycles. The maximum atomic E-state index is 9.04. The molecule has 1 rings (SSSR count). The van der Waals surface area contributed by atoms with E-state index in [0.717, 1.165) is 17.4 Å². The molecule has 0 saturated carbocycles. The van der Waals surface area contributed by atoms with Crippen LogP contribution in [-0.4, -0.2) is 36.0 Å². The Hall–Kier alpha value is 0.0600. The van der Waals surface area contributed by atoms with E-state index in [-0.39, 0.29) is 6.61 Å². The van der Waals surface area contributed by atoms with Gasteiger partial charge in [-0.05, 0) is 28.4 Å². The molecule has 0 aromatic carbocycles. The summed E-state index contributed by atoms with van der Waals surface area (Å²) in [6, 6.07) is 2.09. The summed E-state index contributed by atoms with van der Waals surface area (Å²) in [5, 5.41) is 22.7. The van der Waals surface area contributed by atoms with Crippen LogP contribution in [0, 0.1) is 0 Å². The molecule has 0 aliphatic heterocycles. The molecule has 3 nitrogen and oxygen atoms in total. The van der Waals surface area contributed by atoms with Gasteiger partial charge in [0.1, 0.15) is 0 Å². The Kier molecular flexibility index (Phi) is 5.66. The number of aliphatic hydroxyl groups is 2. The number of nitrogens with one attached hydrogen (secondary N) is 1. The van der Waals surface area contributed by atoms with Crippen LogP contribution in [0.2, 0.25) is 0 Å². The van der Waals surface area contributed by atoms with Gasteiger partial charge in [-0.3, -0.25) is 0 Å². The maximum Gasteiger partial charge on any atom is 0.0894 e. The summed E-state index contributed by atoms with van der Waals surface area (Å²) in [4.78, 5) is 1.31. The van der Waals surface area contributed by atoms with Crippen LogP contribution in [0.15, 0.2) is 15.9 Å². The highest BCUT2D eigenvalue weighted by molar-refractivity contribution is 9.10. The molecule has 80 valence electrons. The van der Waals surface area contributed by atoms with Crippen molar-refractivity contribution in [3.05, 3.63) is 20.8 Å². The lowest BCUT2D eigenvalue weighted by molar-refractivity contribution is 0.0947. The molecule has 0 aliphatic carbocycles. The molecular weight excluding hydrogens is 266 g/mol. The van der Waals surface area contributed by atoms with Crippen molar-refractivity contribution in [3.8, 4) is 0 Å². The van der Waals surface area contributed by atoms with Gasteiger partial charge in [0.15, 0.2) is 0 Å². The summed E-state index contributed by atoms with van der Waals surface area (Å²) >= 11 is 5.11. The largest absolute Gasteiger partial charge is 0.394 e. The van der Waals surface area contributed by atoms with Gasteiger partial charge in [-0.25, -0.2) is 0 Å². The Balaban J connectivity index is 2.10. The molecule has 1 aromatic heterocycles. The smallest absolute Gasteiger partial charge is 0.0894 e. The summed E-state index contributed by atoms with van der Waals surface area (Å²) in [5.41, 5.74) is 0. The zero-order valence-corrected chi connectivity index (χ0v) is 10.1. The molecule has 0 amide bonds. The fraction of sp³-hybridized carbons (Fsp3) is 0.556. The fourth-order valence-electron chi connectivity index (χ4n) is 1.03. The predicted molar refractivity (Wildman–Crippen MR) is 61.7 cm³/mol. The third kappa shape index (κ3) is 4.52. The normalized spacial score (nSPS) is 13.1. The molecule has 3 N–H and O–H groups in total. The van der Waals surface area contributed by atoms with Gasteiger partial charge in [0, 0.05) is 27.8 Å². The van der Waals surface area contributed by atoms with Gasteiger partial charge in [-0.15, -0.1) is 11.3 Å². The first-order chi connectivity index (χ1) is 6.72. The van der Waals surface area contributed by atoms with Crippen LogP contribution < -0.4 is 5.32 Å². The molecule has 0 spiro atoms. The second-order valence-corrected chi connectivity index (χ2v) is 4.93. The zero-order chi connectivity index (χ0) is 10.4. The maximum absolute atomic E-state index is 9.04. The van der Waals surface area contributed by atoms with Crippen LogP contribution in [0.25, 0.3) is 0 Å². The first-order valence-corrected chi connectivity index (χ1v) is 6.12. The second-order valence-electron chi connectivity index (χ2n) is 3.02. The van der Waals surface area contributed by atoms with Crippen molar-refractivity contribution in [1.29, 1.82) is 0 Å². The van der Waals surface area contributed by atoms with Crippen LogP contribution in [0.3, 0.4) is 0 Å². The average Bonchev–Trinajstić information content (AvgIpc) is 2.58. The lowest BCUT2D eigenvalue weighted by atomic mass is 10.3. The standard InChI is InChI=1S/C9H14BrNO2S/c10-7-3-9(14-6-7)1-2-11-4-8(13)5-12/h3,6,8,11-13H,1-2,4-5H2. The highest BCUT2D eigenvalue weighted by atomic mass is 79.9. The molecule has 0 bridgehead atoms. The summed E-state index contributed by atoms with van der Waals surface area (Å²) < 4.78 is 1.12. The number of halogens is 1. The van der Waals surface area contributed by atoms with E-state index in [1.54, 1.807) is 11.3 Å². The van der Waals surface area contributed by atoms with E-state index in [1.165, 1.54) is 4.88 Å². The lowest BCUT2D eigenvalue weighted by Gasteiger charge is -2.07. The van der Waals surface area contributed by atoms with Crippen molar-refractivity contribution in [2.24, 2.45) is 0 Å². The van der Waals surface area contributed by atoms with Gasteiger partial charge in [-0.2, -0.15) is 0 Å². The van der Waals surface area contributed by atoms with E-state index in [0.29, 0.717) is 6.54 Å². The number of aliphatic hydroxyl groups excluding tert-OH is 2. The molecule has 0 aliphatic rings. The molecule has 1 unspecified atom stereocenters. The lowest BCUT2D eigenvalue weighted by Crippen LogP contribution is -2.30. The number of thiophene rings is 1. The Bertz CT molecular complexity index is 267. The number of hydrogen-bond acceptors (Lipinski definition) is 4. The predicted octanol–water partition coefficient (Wildman–Crippen LogP) is 0.996. The summed E-state index contributed by atoms with van der Waals surface area (Å²) in [7, 11) is 0. The Morgan fingerprint density at radius 2 is 2.36 bits per heavy atom. The average molecular weight is 280 g/mol. The van der Waals surface area contributed by atoms with Crippen LogP contribution in [0.1, 0.15) is 4.88 Å². The molecule has 0 fully saturated rings. The van der Waals surface area contributed by atoms with Crippen LogP contribution in [0.5, 0.6) is 0 Å². The first-order valence-electron chi connectivity index (χ1n) is 4.45. The Morgan fingerprint density at radius 3 is 2.93 bits per heavy atom. The van der Waals surface area contributed by atoms with Crippen molar-refractivity contribution >= 4 is 27.3 Å². The van der Waals surface area contributed by atoms with Crippen molar-refractivity contribution < 1.29 is 10.2 Å². The van der Waals surface area contributed by atoms with E-state index in [1.807, 2.05) is 0 Å². The van der Waals surface area contributed by atoms with Crippen LogP contribution >= 0.6 is 27.3 Å². The number of rotatable bonds is 6. The van der Waals surface area contributed by atoms with E-state index < -0.39 is 6.10 Å². The molecule has 5 heteroatoms. The highest BCUT2D eigenvalue weighted by Gasteiger charge is 2.01. The van der Waals surface area contributed by atoms with E-state index >= 15 is 0 Å². The minimum atomic E-state index is -0.648.